The molecule has 1 saturated carbocycles. The fourth-order valence-electron chi connectivity index (χ4n) is 2.26. The maximum Gasteiger partial charge on any atom is 0.140 e. The summed E-state index contributed by atoms with van der Waals surface area (Å²) in [6.45, 7) is 0.974. The second-order valence-corrected chi connectivity index (χ2v) is 7.00. The minimum atomic E-state index is 0.390. The van der Waals surface area contributed by atoms with E-state index in [1.807, 2.05) is 17.8 Å². The molecule has 0 aromatic carbocycles. The van der Waals surface area contributed by atoms with Crippen molar-refractivity contribution in [3.05, 3.63) is 21.8 Å². The van der Waals surface area contributed by atoms with Crippen LogP contribution in [-0.2, 0) is 0 Å². The maximum absolute atomic E-state index is 5.87. The average molecular weight is 336 g/mol. The highest BCUT2D eigenvalue weighted by Gasteiger charge is 2.32. The van der Waals surface area contributed by atoms with Crippen molar-refractivity contribution in [1.82, 2.24) is 4.98 Å². The Hall–Kier alpha value is 0.0700. The molecule has 5 heteroatoms. The van der Waals surface area contributed by atoms with Gasteiger partial charge in [0.15, 0.2) is 0 Å². The van der Waals surface area contributed by atoms with E-state index in [9.17, 15) is 0 Å². The largest absolute Gasteiger partial charge is 0.368 e. The molecule has 0 amide bonds. The molecule has 94 valence electrons. The molecule has 1 heterocycles. The number of pyridine rings is 1. The quantitative estimate of drug-likeness (QED) is 0.871. The van der Waals surface area contributed by atoms with Gasteiger partial charge in [-0.05, 0) is 41.1 Å². The summed E-state index contributed by atoms with van der Waals surface area (Å²) < 4.78 is 1.32. The van der Waals surface area contributed by atoms with Crippen molar-refractivity contribution in [3.8, 4) is 0 Å². The van der Waals surface area contributed by atoms with Crippen LogP contribution in [0.1, 0.15) is 25.7 Å². The van der Waals surface area contributed by atoms with Crippen molar-refractivity contribution in [2.24, 2.45) is 0 Å². The molecule has 0 bridgehead atoms. The summed E-state index contributed by atoms with van der Waals surface area (Å²) in [4.78, 5) is 4.30. The summed E-state index contributed by atoms with van der Waals surface area (Å²) in [5, 5.41) is 4.09. The van der Waals surface area contributed by atoms with E-state index in [2.05, 4.69) is 32.5 Å². The average Bonchev–Trinajstić information content (AvgIpc) is 2.77. The zero-order chi connectivity index (χ0) is 12.3. The topological polar surface area (TPSA) is 24.9 Å². The zero-order valence-corrected chi connectivity index (χ0v) is 13.0. The van der Waals surface area contributed by atoms with Gasteiger partial charge in [-0.3, -0.25) is 0 Å². The molecule has 1 aliphatic carbocycles. The molecule has 0 radical (unpaired) electrons. The van der Waals surface area contributed by atoms with Crippen LogP contribution in [0.25, 0.3) is 0 Å². The first-order valence-corrected chi connectivity index (χ1v) is 8.15. The molecule has 2 rings (SSSR count). The second-order valence-electron chi connectivity index (χ2n) is 4.43. The Balaban J connectivity index is 2.01. The van der Waals surface area contributed by atoms with Gasteiger partial charge in [-0.25, -0.2) is 4.98 Å². The lowest BCUT2D eigenvalue weighted by Gasteiger charge is -2.27. The number of hydrogen-bond acceptors (Lipinski definition) is 3. The molecule has 1 fully saturated rings. The Bertz CT molecular complexity index is 394. The van der Waals surface area contributed by atoms with Crippen molar-refractivity contribution >= 4 is 45.1 Å². The third kappa shape index (κ3) is 3.30. The Morgan fingerprint density at radius 2 is 2.24 bits per heavy atom. The van der Waals surface area contributed by atoms with Crippen LogP contribution in [0.2, 0.25) is 5.02 Å². The Morgan fingerprint density at radius 1 is 1.53 bits per heavy atom. The monoisotopic (exact) mass is 334 g/mol. The second kappa shape index (κ2) is 5.81. The standard InChI is InChI=1S/C12H16BrClN2S/c1-17-12(4-2-3-5-12)8-16-11-10(13)6-9(14)7-15-11/h6-7H,2-5,8H2,1H3,(H,15,16). The summed E-state index contributed by atoms with van der Waals surface area (Å²) in [6, 6.07) is 1.87. The third-order valence-electron chi connectivity index (χ3n) is 3.33. The third-order valence-corrected chi connectivity index (χ3v) is 5.56. The highest BCUT2D eigenvalue weighted by molar-refractivity contribution is 9.10. The predicted octanol–water partition coefficient (Wildman–Crippen LogP) is 4.59. The molecule has 0 atom stereocenters. The fraction of sp³-hybridized carbons (Fsp3) is 0.583. The van der Waals surface area contributed by atoms with Gasteiger partial charge in [-0.1, -0.05) is 24.4 Å². The van der Waals surface area contributed by atoms with Crippen LogP contribution in [0.4, 0.5) is 5.82 Å². The van der Waals surface area contributed by atoms with E-state index in [0.717, 1.165) is 16.8 Å². The summed E-state index contributed by atoms with van der Waals surface area (Å²) in [7, 11) is 0. The Kier molecular flexibility index (Phi) is 4.61. The number of halogens is 2. The Labute approximate surface area is 120 Å². The van der Waals surface area contributed by atoms with Gasteiger partial charge in [-0.2, -0.15) is 11.8 Å². The van der Waals surface area contributed by atoms with E-state index in [1.54, 1.807) is 6.20 Å². The van der Waals surface area contributed by atoms with Crippen LogP contribution < -0.4 is 5.32 Å². The van der Waals surface area contributed by atoms with Gasteiger partial charge >= 0.3 is 0 Å². The van der Waals surface area contributed by atoms with Crippen molar-refractivity contribution < 1.29 is 0 Å². The molecular formula is C12H16BrClN2S. The van der Waals surface area contributed by atoms with Crippen molar-refractivity contribution in [3.63, 3.8) is 0 Å². The molecule has 1 N–H and O–H groups in total. The van der Waals surface area contributed by atoms with E-state index in [4.69, 9.17) is 11.6 Å². The first-order chi connectivity index (χ1) is 8.15. The fourth-order valence-corrected chi connectivity index (χ4v) is 3.95. The van der Waals surface area contributed by atoms with E-state index in [-0.39, 0.29) is 0 Å². The molecule has 0 aliphatic heterocycles. The Morgan fingerprint density at radius 3 is 2.82 bits per heavy atom. The molecule has 1 aliphatic rings. The molecule has 0 unspecified atom stereocenters. The number of hydrogen-bond donors (Lipinski definition) is 1. The maximum atomic E-state index is 5.87. The number of anilines is 1. The van der Waals surface area contributed by atoms with Crippen molar-refractivity contribution in [2.75, 3.05) is 18.1 Å². The van der Waals surface area contributed by atoms with Gasteiger partial charge in [0, 0.05) is 17.5 Å². The first kappa shape index (κ1) is 13.5. The molecule has 1 aromatic heterocycles. The lowest BCUT2D eigenvalue weighted by Crippen LogP contribution is -2.30. The van der Waals surface area contributed by atoms with E-state index >= 15 is 0 Å². The van der Waals surface area contributed by atoms with Crippen LogP contribution in [0.5, 0.6) is 0 Å². The van der Waals surface area contributed by atoms with Gasteiger partial charge in [0.25, 0.3) is 0 Å². The number of nitrogens with zero attached hydrogens (tertiary/aromatic N) is 1. The molecule has 0 saturated heterocycles. The van der Waals surface area contributed by atoms with Gasteiger partial charge in [0.05, 0.1) is 9.50 Å². The van der Waals surface area contributed by atoms with Crippen LogP contribution >= 0.6 is 39.3 Å². The summed E-state index contributed by atoms with van der Waals surface area (Å²) in [5.41, 5.74) is 0. The molecule has 0 spiro atoms. The molecule has 17 heavy (non-hydrogen) atoms. The highest BCUT2D eigenvalue weighted by atomic mass is 79.9. The van der Waals surface area contributed by atoms with E-state index in [1.165, 1.54) is 25.7 Å². The summed E-state index contributed by atoms with van der Waals surface area (Å²) in [6.07, 6.45) is 9.17. The zero-order valence-electron chi connectivity index (χ0n) is 9.80. The first-order valence-electron chi connectivity index (χ1n) is 5.75. The van der Waals surface area contributed by atoms with Crippen LogP contribution in [0.3, 0.4) is 0 Å². The number of thioether (sulfide) groups is 1. The van der Waals surface area contributed by atoms with Gasteiger partial charge in [-0.15, -0.1) is 0 Å². The smallest absolute Gasteiger partial charge is 0.140 e. The molecular weight excluding hydrogens is 320 g/mol. The van der Waals surface area contributed by atoms with Crippen LogP contribution in [-0.4, -0.2) is 22.5 Å². The highest BCUT2D eigenvalue weighted by Crippen LogP contribution is 2.40. The summed E-state index contributed by atoms with van der Waals surface area (Å²) in [5.74, 6) is 0.884. The lowest BCUT2D eigenvalue weighted by molar-refractivity contribution is 0.638. The van der Waals surface area contributed by atoms with E-state index in [0.29, 0.717) is 9.77 Å². The predicted molar refractivity (Wildman–Crippen MR) is 80.2 cm³/mol. The van der Waals surface area contributed by atoms with Gasteiger partial charge < -0.3 is 5.32 Å². The van der Waals surface area contributed by atoms with E-state index < -0.39 is 0 Å². The molecule has 1 aromatic rings. The molecule has 2 nitrogen and oxygen atoms in total. The van der Waals surface area contributed by atoms with Gasteiger partial charge in [0.2, 0.25) is 0 Å². The van der Waals surface area contributed by atoms with Gasteiger partial charge in [0.1, 0.15) is 5.82 Å². The van der Waals surface area contributed by atoms with Crippen molar-refractivity contribution in [1.29, 1.82) is 0 Å². The number of rotatable bonds is 4. The normalized spacial score (nSPS) is 18.3. The van der Waals surface area contributed by atoms with Crippen LogP contribution in [0.15, 0.2) is 16.7 Å². The van der Waals surface area contributed by atoms with Crippen molar-refractivity contribution in [2.45, 2.75) is 30.4 Å². The number of aromatic nitrogens is 1. The van der Waals surface area contributed by atoms with Crippen LogP contribution in [0, 0.1) is 0 Å². The minimum absolute atomic E-state index is 0.390. The minimum Gasteiger partial charge on any atom is -0.368 e. The SMILES string of the molecule is CSC1(CNc2ncc(Cl)cc2Br)CCCC1. The summed E-state index contributed by atoms with van der Waals surface area (Å²) >= 11 is 11.3. The lowest BCUT2D eigenvalue weighted by atomic mass is 10.1. The number of nitrogens with one attached hydrogen (secondary N) is 1.